The molecule has 1 aliphatic rings. The summed E-state index contributed by atoms with van der Waals surface area (Å²) in [5.41, 5.74) is 3.01. The van der Waals surface area contributed by atoms with Gasteiger partial charge in [-0.3, -0.25) is 9.79 Å². The number of rotatable bonds is 1. The molecule has 96 valence electrons. The number of thiophene rings is 1. The predicted octanol–water partition coefficient (Wildman–Crippen LogP) is 3.84. The molecule has 3 nitrogen and oxygen atoms in total. The number of amides is 1. The van der Waals surface area contributed by atoms with Crippen molar-refractivity contribution in [1.29, 1.82) is 0 Å². The highest BCUT2D eigenvalue weighted by atomic mass is 35.5. The van der Waals surface area contributed by atoms with E-state index >= 15 is 0 Å². The minimum absolute atomic E-state index is 0.0772. The number of hydrogen-bond donors (Lipinski definition) is 1. The molecule has 0 atom stereocenters. The maximum Gasteiger partial charge on any atom is 0.246 e. The van der Waals surface area contributed by atoms with E-state index in [4.69, 9.17) is 23.2 Å². The molecule has 6 heteroatoms. The molecule has 3 rings (SSSR count). The predicted molar refractivity (Wildman–Crippen MR) is 79.9 cm³/mol. The van der Waals surface area contributed by atoms with Crippen LogP contribution in [0.15, 0.2) is 34.0 Å². The van der Waals surface area contributed by atoms with E-state index in [0.29, 0.717) is 21.4 Å². The molecule has 1 aromatic carbocycles. The lowest BCUT2D eigenvalue weighted by molar-refractivity contribution is -0.114. The van der Waals surface area contributed by atoms with Crippen molar-refractivity contribution >= 4 is 51.8 Å². The van der Waals surface area contributed by atoms with Crippen LogP contribution in [0.25, 0.3) is 0 Å². The largest absolute Gasteiger partial charge is 0.324 e. The Hall–Kier alpha value is -1.36. The first-order valence-electron chi connectivity index (χ1n) is 5.51. The fourth-order valence-electron chi connectivity index (χ4n) is 1.93. The number of benzene rings is 1. The Bertz CT molecular complexity index is 694. The summed E-state index contributed by atoms with van der Waals surface area (Å²) in [5.74, 6) is -0.148. The second-order valence-corrected chi connectivity index (χ2v) is 5.62. The Morgan fingerprint density at radius 3 is 2.79 bits per heavy atom. The number of carbonyl (C=O) groups excluding carboxylic acids is 1. The molecule has 1 aliphatic heterocycles. The van der Waals surface area contributed by atoms with Crippen molar-refractivity contribution in [3.05, 3.63) is 50.1 Å². The first-order valence-corrected chi connectivity index (χ1v) is 7.21. The lowest BCUT2D eigenvalue weighted by Crippen LogP contribution is -2.13. The number of fused-ring (bicyclic) bond motifs is 1. The average Bonchev–Trinajstić information content (AvgIpc) is 2.72. The summed E-state index contributed by atoms with van der Waals surface area (Å²) in [7, 11) is 0. The second kappa shape index (κ2) is 4.96. The third kappa shape index (κ3) is 2.39. The van der Waals surface area contributed by atoms with Gasteiger partial charge in [0, 0.05) is 26.9 Å². The van der Waals surface area contributed by atoms with E-state index in [1.165, 1.54) is 11.3 Å². The molecule has 0 fully saturated rings. The number of nitrogens with zero attached hydrogens (tertiary/aromatic N) is 1. The van der Waals surface area contributed by atoms with E-state index in [-0.39, 0.29) is 12.5 Å². The van der Waals surface area contributed by atoms with Gasteiger partial charge >= 0.3 is 0 Å². The highest BCUT2D eigenvalue weighted by Crippen LogP contribution is 2.30. The zero-order valence-electron chi connectivity index (χ0n) is 9.61. The average molecular weight is 311 g/mol. The van der Waals surface area contributed by atoms with Gasteiger partial charge in [0.25, 0.3) is 0 Å². The van der Waals surface area contributed by atoms with Crippen LogP contribution >= 0.6 is 34.5 Å². The van der Waals surface area contributed by atoms with E-state index in [2.05, 4.69) is 10.3 Å². The Labute approximate surface area is 123 Å². The quantitative estimate of drug-likeness (QED) is 0.854. The van der Waals surface area contributed by atoms with Gasteiger partial charge in [-0.2, -0.15) is 11.3 Å². The van der Waals surface area contributed by atoms with Crippen LogP contribution in [0, 0.1) is 0 Å². The Kier molecular flexibility index (Phi) is 3.31. The van der Waals surface area contributed by atoms with Crippen molar-refractivity contribution < 1.29 is 4.79 Å². The number of benzodiazepines with no additional fused rings is 1. The summed E-state index contributed by atoms with van der Waals surface area (Å²) in [6, 6.07) is 5.30. The van der Waals surface area contributed by atoms with Gasteiger partial charge in [0.05, 0.1) is 16.4 Å². The number of nitrogens with one attached hydrogen (secondary N) is 1. The van der Waals surface area contributed by atoms with E-state index in [1.54, 1.807) is 18.2 Å². The van der Waals surface area contributed by atoms with Crippen LogP contribution in [0.5, 0.6) is 0 Å². The molecule has 0 aliphatic carbocycles. The van der Waals surface area contributed by atoms with Crippen molar-refractivity contribution in [2.75, 3.05) is 11.9 Å². The Morgan fingerprint density at radius 1 is 1.21 bits per heavy atom. The highest BCUT2D eigenvalue weighted by Gasteiger charge is 2.20. The fourth-order valence-corrected chi connectivity index (χ4v) is 3.15. The molecule has 2 aromatic rings. The molecule has 0 radical (unpaired) electrons. The monoisotopic (exact) mass is 310 g/mol. The lowest BCUT2D eigenvalue weighted by atomic mass is 10.0. The van der Waals surface area contributed by atoms with Gasteiger partial charge in [0.15, 0.2) is 0 Å². The molecule has 2 heterocycles. The summed E-state index contributed by atoms with van der Waals surface area (Å²) in [6.45, 7) is 0.0772. The summed E-state index contributed by atoms with van der Waals surface area (Å²) < 4.78 is 0. The normalized spacial score (nSPS) is 14.4. The van der Waals surface area contributed by atoms with Gasteiger partial charge in [-0.25, -0.2) is 0 Å². The fraction of sp³-hybridized carbons (Fsp3) is 0.0769. The zero-order valence-corrected chi connectivity index (χ0v) is 11.9. The van der Waals surface area contributed by atoms with Crippen LogP contribution in [-0.4, -0.2) is 18.2 Å². The summed E-state index contributed by atoms with van der Waals surface area (Å²) in [5, 5.41) is 7.78. The Morgan fingerprint density at radius 2 is 2.05 bits per heavy atom. The number of hydrogen-bond acceptors (Lipinski definition) is 3. The molecule has 0 unspecified atom stereocenters. The van der Waals surface area contributed by atoms with Gasteiger partial charge in [-0.15, -0.1) is 0 Å². The minimum Gasteiger partial charge on any atom is -0.324 e. The summed E-state index contributed by atoms with van der Waals surface area (Å²) in [4.78, 5) is 16.0. The van der Waals surface area contributed by atoms with Gasteiger partial charge < -0.3 is 5.32 Å². The van der Waals surface area contributed by atoms with E-state index < -0.39 is 0 Å². The first kappa shape index (κ1) is 12.7. The molecule has 1 amide bonds. The maximum atomic E-state index is 11.6. The van der Waals surface area contributed by atoms with Crippen molar-refractivity contribution in [1.82, 2.24) is 0 Å². The molecular formula is C13H8Cl2N2OS. The lowest BCUT2D eigenvalue weighted by Gasteiger charge is -2.09. The van der Waals surface area contributed by atoms with Crippen LogP contribution in [0.1, 0.15) is 11.1 Å². The molecule has 0 spiro atoms. The van der Waals surface area contributed by atoms with Crippen LogP contribution < -0.4 is 5.32 Å². The first-order chi connectivity index (χ1) is 9.15. The van der Waals surface area contributed by atoms with Crippen molar-refractivity contribution in [3.8, 4) is 0 Å². The van der Waals surface area contributed by atoms with Gasteiger partial charge in [-0.05, 0) is 18.2 Å². The van der Waals surface area contributed by atoms with E-state index in [9.17, 15) is 4.79 Å². The van der Waals surface area contributed by atoms with Crippen molar-refractivity contribution in [2.24, 2.45) is 4.99 Å². The van der Waals surface area contributed by atoms with Crippen LogP contribution in [0.2, 0.25) is 10.0 Å². The van der Waals surface area contributed by atoms with Crippen molar-refractivity contribution in [3.63, 3.8) is 0 Å². The molecule has 0 saturated heterocycles. The highest BCUT2D eigenvalue weighted by molar-refractivity contribution is 7.08. The van der Waals surface area contributed by atoms with Crippen molar-refractivity contribution in [2.45, 2.75) is 0 Å². The van der Waals surface area contributed by atoms with Crippen LogP contribution in [-0.2, 0) is 4.79 Å². The van der Waals surface area contributed by atoms with Gasteiger partial charge in [0.1, 0.15) is 6.54 Å². The SMILES string of the molecule is O=C1CN=C(c2cscc2Cl)c2cc(Cl)ccc2N1. The summed E-state index contributed by atoms with van der Waals surface area (Å²) >= 11 is 13.7. The molecule has 0 bridgehead atoms. The number of carbonyl (C=O) groups is 1. The molecule has 1 N–H and O–H groups in total. The number of halogens is 2. The van der Waals surface area contributed by atoms with Gasteiger partial charge in [-0.1, -0.05) is 23.2 Å². The topological polar surface area (TPSA) is 41.5 Å². The molecule has 0 saturated carbocycles. The van der Waals surface area contributed by atoms with Crippen LogP contribution in [0.3, 0.4) is 0 Å². The smallest absolute Gasteiger partial charge is 0.246 e. The van der Waals surface area contributed by atoms with Crippen LogP contribution in [0.4, 0.5) is 5.69 Å². The maximum absolute atomic E-state index is 11.6. The second-order valence-electron chi connectivity index (χ2n) is 4.04. The minimum atomic E-state index is -0.148. The third-order valence-electron chi connectivity index (χ3n) is 2.76. The molecule has 1 aromatic heterocycles. The van der Waals surface area contributed by atoms with E-state index in [0.717, 1.165) is 11.1 Å². The molecule has 19 heavy (non-hydrogen) atoms. The molecular weight excluding hydrogens is 303 g/mol. The zero-order chi connectivity index (χ0) is 13.4. The third-order valence-corrected chi connectivity index (χ3v) is 4.18. The number of aliphatic imine (C=N–C) groups is 1. The Balaban J connectivity index is 2.22. The number of anilines is 1. The van der Waals surface area contributed by atoms with Gasteiger partial charge in [0.2, 0.25) is 5.91 Å². The van der Waals surface area contributed by atoms with E-state index in [1.807, 2.05) is 10.8 Å². The summed E-state index contributed by atoms with van der Waals surface area (Å²) in [6.07, 6.45) is 0. The standard InChI is InChI=1S/C13H8Cl2N2OS/c14-7-1-2-11-8(3-7)13(16-4-12(18)17-11)9-5-19-6-10(9)15/h1-3,5-6H,4H2,(H,17,18).